The number of amidine groups is 1. The van der Waals surface area contributed by atoms with Crippen LogP contribution in [0.4, 0.5) is 5.69 Å². The Balaban J connectivity index is 1.58. The van der Waals surface area contributed by atoms with Gasteiger partial charge in [0.25, 0.3) is 0 Å². The number of methoxy groups -OCH3 is 1. The summed E-state index contributed by atoms with van der Waals surface area (Å²) in [6.07, 6.45) is 0. The predicted molar refractivity (Wildman–Crippen MR) is 156 cm³/mol. The molecule has 0 radical (unpaired) electrons. The largest absolute Gasteiger partial charge is 0.493 e. The highest BCUT2D eigenvalue weighted by Gasteiger charge is 2.23. The second-order valence-electron chi connectivity index (χ2n) is 8.67. The minimum atomic E-state index is -0.752. The van der Waals surface area contributed by atoms with Crippen molar-refractivity contribution < 1.29 is 14.3 Å². The molecule has 4 aromatic carbocycles. The van der Waals surface area contributed by atoms with Crippen LogP contribution in [-0.2, 0) is 17.9 Å². The molecule has 0 aliphatic carbocycles. The number of ether oxygens (including phenoxy) is 2. The summed E-state index contributed by atoms with van der Waals surface area (Å²) in [4.78, 5) is 13.4. The number of benzene rings is 4. The smallest absolute Gasteiger partial charge is 0.247 e. The van der Waals surface area contributed by atoms with Crippen LogP contribution >= 0.6 is 23.2 Å². The zero-order valence-electron chi connectivity index (χ0n) is 21.2. The van der Waals surface area contributed by atoms with E-state index in [1.54, 1.807) is 60.7 Å². The van der Waals surface area contributed by atoms with Crippen LogP contribution in [0.3, 0.4) is 0 Å². The molecular weight excluding hydrogens is 535 g/mol. The van der Waals surface area contributed by atoms with Gasteiger partial charge in [0.15, 0.2) is 11.5 Å². The van der Waals surface area contributed by atoms with Crippen molar-refractivity contribution in [3.05, 3.63) is 123 Å². The van der Waals surface area contributed by atoms with Gasteiger partial charge in [-0.05, 0) is 59.7 Å². The Morgan fingerprint density at radius 1 is 0.923 bits per heavy atom. The van der Waals surface area contributed by atoms with Crippen molar-refractivity contribution >= 4 is 40.6 Å². The lowest BCUT2D eigenvalue weighted by Gasteiger charge is -2.22. The van der Waals surface area contributed by atoms with E-state index < -0.39 is 6.04 Å². The van der Waals surface area contributed by atoms with Gasteiger partial charge in [0, 0.05) is 33.4 Å². The summed E-state index contributed by atoms with van der Waals surface area (Å²) in [7, 11) is 1.53. The number of carbonyl (C=O) groups is 1. The lowest BCUT2D eigenvalue weighted by molar-refractivity contribution is -0.122. The summed E-state index contributed by atoms with van der Waals surface area (Å²) in [5.41, 5.74) is 9.17. The maximum absolute atomic E-state index is 13.4. The van der Waals surface area contributed by atoms with E-state index in [2.05, 4.69) is 10.6 Å². The maximum Gasteiger partial charge on any atom is 0.247 e. The van der Waals surface area contributed by atoms with Gasteiger partial charge in [-0.3, -0.25) is 10.2 Å². The molecule has 4 rings (SSSR count). The molecule has 0 fully saturated rings. The van der Waals surface area contributed by atoms with Crippen molar-refractivity contribution in [3.63, 3.8) is 0 Å². The standard InChI is InChI=1S/C30H28Cl2N4O3/c1-38-27-16-21(12-15-26(27)39-18-23-24(31)8-5-9-25(23)32)28(30(37)35-17-19-6-3-2-4-7-19)36-22-13-10-20(11-14-22)29(33)34/h2-16,28,36H,17-18H2,1H3,(H3,33,34)(H,35,37)/t28-/m1/s1. The predicted octanol–water partition coefficient (Wildman–Crippen LogP) is 6.33. The molecule has 0 heterocycles. The lowest BCUT2D eigenvalue weighted by atomic mass is 10.0. The van der Waals surface area contributed by atoms with Gasteiger partial charge in [-0.2, -0.15) is 0 Å². The molecule has 0 aliphatic rings. The van der Waals surface area contributed by atoms with Crippen LogP contribution in [0.15, 0.2) is 91.0 Å². The molecule has 9 heteroatoms. The van der Waals surface area contributed by atoms with E-state index in [4.69, 9.17) is 43.8 Å². The van der Waals surface area contributed by atoms with Crippen LogP contribution < -0.4 is 25.8 Å². The maximum atomic E-state index is 13.4. The van der Waals surface area contributed by atoms with Gasteiger partial charge in [0.2, 0.25) is 5.91 Å². The highest BCUT2D eigenvalue weighted by molar-refractivity contribution is 6.35. The zero-order chi connectivity index (χ0) is 27.8. The SMILES string of the molecule is COc1cc([C@@H](Nc2ccc(C(=N)N)cc2)C(=O)NCc2ccccc2)ccc1OCc1c(Cl)cccc1Cl. The Bertz CT molecular complexity index is 1430. The van der Waals surface area contributed by atoms with Gasteiger partial charge in [-0.1, -0.05) is 65.7 Å². The number of nitrogens with one attached hydrogen (secondary N) is 3. The van der Waals surface area contributed by atoms with Crippen molar-refractivity contribution in [1.82, 2.24) is 5.32 Å². The first kappa shape index (κ1) is 27.8. The number of carbonyl (C=O) groups excluding carboxylic acids is 1. The molecule has 0 saturated carbocycles. The second-order valence-corrected chi connectivity index (χ2v) is 9.49. The molecule has 4 aromatic rings. The van der Waals surface area contributed by atoms with E-state index in [0.29, 0.717) is 50.5 Å². The molecule has 1 amide bonds. The van der Waals surface area contributed by atoms with E-state index in [9.17, 15) is 4.79 Å². The van der Waals surface area contributed by atoms with E-state index in [1.165, 1.54) is 7.11 Å². The molecule has 0 saturated heterocycles. The Morgan fingerprint density at radius 3 is 2.26 bits per heavy atom. The third-order valence-corrected chi connectivity index (χ3v) is 6.74. The molecule has 0 bridgehead atoms. The van der Waals surface area contributed by atoms with Crippen LogP contribution in [-0.4, -0.2) is 18.9 Å². The van der Waals surface area contributed by atoms with E-state index in [1.807, 2.05) is 30.3 Å². The summed E-state index contributed by atoms with van der Waals surface area (Å²) in [5.74, 6) is 0.668. The van der Waals surface area contributed by atoms with Gasteiger partial charge >= 0.3 is 0 Å². The number of hydrogen-bond donors (Lipinski definition) is 4. The summed E-state index contributed by atoms with van der Waals surface area (Å²) < 4.78 is 11.6. The van der Waals surface area contributed by atoms with Crippen molar-refractivity contribution in [2.75, 3.05) is 12.4 Å². The van der Waals surface area contributed by atoms with Gasteiger partial charge in [-0.15, -0.1) is 0 Å². The zero-order valence-corrected chi connectivity index (χ0v) is 22.7. The topological polar surface area (TPSA) is 109 Å². The van der Waals surface area contributed by atoms with Crippen LogP contribution in [0.5, 0.6) is 11.5 Å². The summed E-state index contributed by atoms with van der Waals surface area (Å²) in [5, 5.41) is 14.9. The minimum Gasteiger partial charge on any atom is -0.493 e. The fourth-order valence-electron chi connectivity index (χ4n) is 3.90. The van der Waals surface area contributed by atoms with Crippen LogP contribution in [0.1, 0.15) is 28.3 Å². The van der Waals surface area contributed by atoms with Crippen molar-refractivity contribution in [1.29, 1.82) is 5.41 Å². The van der Waals surface area contributed by atoms with Crippen molar-refractivity contribution in [2.24, 2.45) is 5.73 Å². The van der Waals surface area contributed by atoms with Crippen molar-refractivity contribution in [2.45, 2.75) is 19.2 Å². The normalized spacial score (nSPS) is 11.4. The van der Waals surface area contributed by atoms with Crippen LogP contribution in [0.2, 0.25) is 10.0 Å². The molecular formula is C30H28Cl2N4O3. The van der Waals surface area contributed by atoms with Gasteiger partial charge < -0.3 is 25.8 Å². The first-order valence-electron chi connectivity index (χ1n) is 12.1. The van der Waals surface area contributed by atoms with E-state index >= 15 is 0 Å². The average Bonchev–Trinajstić information content (AvgIpc) is 2.95. The molecule has 0 aromatic heterocycles. The summed E-state index contributed by atoms with van der Waals surface area (Å²) >= 11 is 12.6. The van der Waals surface area contributed by atoms with Crippen LogP contribution in [0.25, 0.3) is 0 Å². The second kappa shape index (κ2) is 13.0. The number of nitrogens with two attached hydrogens (primary N) is 1. The van der Waals surface area contributed by atoms with Gasteiger partial charge in [0.1, 0.15) is 18.5 Å². The number of rotatable bonds is 11. The third-order valence-electron chi connectivity index (χ3n) is 6.03. The number of halogens is 2. The molecule has 1 atom stereocenters. The molecule has 7 nitrogen and oxygen atoms in total. The quantitative estimate of drug-likeness (QED) is 0.126. The molecule has 5 N–H and O–H groups in total. The minimum absolute atomic E-state index is 0.0305. The molecule has 39 heavy (non-hydrogen) atoms. The van der Waals surface area contributed by atoms with Gasteiger partial charge in [0.05, 0.1) is 7.11 Å². The fourth-order valence-corrected chi connectivity index (χ4v) is 4.41. The summed E-state index contributed by atoms with van der Waals surface area (Å²) in [6, 6.07) is 26.5. The average molecular weight is 563 g/mol. The number of amides is 1. The van der Waals surface area contributed by atoms with Crippen LogP contribution in [0, 0.1) is 5.41 Å². The highest BCUT2D eigenvalue weighted by Crippen LogP contribution is 2.34. The first-order chi connectivity index (χ1) is 18.9. The molecule has 0 spiro atoms. The molecule has 0 aliphatic heterocycles. The number of nitrogen functional groups attached to an aromatic ring is 1. The lowest BCUT2D eigenvalue weighted by Crippen LogP contribution is -2.33. The summed E-state index contributed by atoms with van der Waals surface area (Å²) in [6.45, 7) is 0.522. The Morgan fingerprint density at radius 2 is 1.62 bits per heavy atom. The molecule has 200 valence electrons. The Kier molecular flexibility index (Phi) is 9.31. The Hall–Kier alpha value is -4.20. The number of anilines is 1. The van der Waals surface area contributed by atoms with Gasteiger partial charge in [-0.25, -0.2) is 0 Å². The molecule has 0 unspecified atom stereocenters. The number of hydrogen-bond acceptors (Lipinski definition) is 5. The third kappa shape index (κ3) is 7.22. The van der Waals surface area contributed by atoms with E-state index in [0.717, 1.165) is 5.56 Å². The fraction of sp³-hybridized carbons (Fsp3) is 0.133. The van der Waals surface area contributed by atoms with Crippen molar-refractivity contribution in [3.8, 4) is 11.5 Å². The van der Waals surface area contributed by atoms with E-state index in [-0.39, 0.29) is 18.3 Å². The monoisotopic (exact) mass is 562 g/mol. The first-order valence-corrected chi connectivity index (χ1v) is 12.9. The highest BCUT2D eigenvalue weighted by atomic mass is 35.5. The Labute approximate surface area is 237 Å².